The summed E-state index contributed by atoms with van der Waals surface area (Å²) in [5.74, 6) is -0.841. The highest BCUT2D eigenvalue weighted by molar-refractivity contribution is 9.10. The lowest BCUT2D eigenvalue weighted by molar-refractivity contribution is -0.131. The van der Waals surface area contributed by atoms with Crippen molar-refractivity contribution in [2.75, 3.05) is 0 Å². The summed E-state index contributed by atoms with van der Waals surface area (Å²) < 4.78 is 6.45. The van der Waals surface area contributed by atoms with Gasteiger partial charge in [-0.2, -0.15) is 0 Å². The van der Waals surface area contributed by atoms with E-state index in [-0.39, 0.29) is 16.0 Å². The topological polar surface area (TPSA) is 76.2 Å². The fraction of sp³-hybridized carbons (Fsp3) is 0. The lowest BCUT2D eigenvalue weighted by atomic mass is 10.2. The van der Waals surface area contributed by atoms with Crippen molar-refractivity contribution < 1.29 is 14.3 Å². The summed E-state index contributed by atoms with van der Waals surface area (Å²) in [6.07, 6.45) is 1.54. The molecule has 1 aromatic heterocycles. The molecular weight excluding hydrogens is 428 g/mol. The van der Waals surface area contributed by atoms with Crippen molar-refractivity contribution in [3.05, 3.63) is 68.5 Å². The zero-order chi connectivity index (χ0) is 17.8. The molecule has 5 nitrogen and oxygen atoms in total. The standard InChI is InChI=1S/C17H10BrClN2O3S/c18-11-7-5-10(6-8-11)9-14(16(22)23)25-17-21-20-15(24-17)12-3-1-2-4-13(12)19/h1-9H,(H,22,23)/b14-9+. The van der Waals surface area contributed by atoms with E-state index in [9.17, 15) is 9.90 Å². The number of hydrogen-bond acceptors (Lipinski definition) is 5. The lowest BCUT2D eigenvalue weighted by Gasteiger charge is -2.00. The fourth-order valence-corrected chi connectivity index (χ4v) is 3.09. The molecule has 8 heteroatoms. The molecule has 0 amide bonds. The molecule has 0 aliphatic carbocycles. The van der Waals surface area contributed by atoms with Gasteiger partial charge in [-0.3, -0.25) is 0 Å². The van der Waals surface area contributed by atoms with E-state index in [0.717, 1.165) is 21.8 Å². The predicted octanol–water partition coefficient (Wildman–Crippen LogP) is 5.37. The summed E-state index contributed by atoms with van der Waals surface area (Å²) >= 11 is 10.3. The number of rotatable bonds is 5. The molecule has 2 aromatic carbocycles. The van der Waals surface area contributed by atoms with Gasteiger partial charge in [-0.25, -0.2) is 4.79 Å². The van der Waals surface area contributed by atoms with E-state index in [1.165, 1.54) is 0 Å². The first kappa shape index (κ1) is 17.7. The molecule has 0 radical (unpaired) electrons. The largest absolute Gasteiger partial charge is 0.477 e. The Bertz CT molecular complexity index is 941. The minimum atomic E-state index is -1.08. The van der Waals surface area contributed by atoms with Gasteiger partial charge in [-0.1, -0.05) is 51.8 Å². The second-order valence-corrected chi connectivity index (χ2v) is 7.14. The number of carboxylic acids is 1. The van der Waals surface area contributed by atoms with Gasteiger partial charge >= 0.3 is 5.97 Å². The molecule has 126 valence electrons. The molecule has 3 rings (SSSR count). The minimum Gasteiger partial charge on any atom is -0.477 e. The monoisotopic (exact) mass is 436 g/mol. The molecule has 1 heterocycles. The second-order valence-electron chi connectivity index (χ2n) is 4.82. The molecule has 3 aromatic rings. The van der Waals surface area contributed by atoms with Gasteiger partial charge in [-0.15, -0.1) is 10.2 Å². The van der Waals surface area contributed by atoms with Crippen LogP contribution in [0.2, 0.25) is 5.02 Å². The maximum Gasteiger partial charge on any atom is 0.342 e. The Morgan fingerprint density at radius 3 is 2.56 bits per heavy atom. The van der Waals surface area contributed by atoms with Gasteiger partial charge in [0, 0.05) is 4.47 Å². The van der Waals surface area contributed by atoms with Crippen LogP contribution in [0, 0.1) is 0 Å². The van der Waals surface area contributed by atoms with Gasteiger partial charge in [0.2, 0.25) is 5.89 Å². The third kappa shape index (κ3) is 4.50. The van der Waals surface area contributed by atoms with E-state index >= 15 is 0 Å². The molecule has 0 spiro atoms. The molecule has 25 heavy (non-hydrogen) atoms. The van der Waals surface area contributed by atoms with Gasteiger partial charge in [0.25, 0.3) is 5.22 Å². The Balaban J connectivity index is 1.85. The Labute approximate surface area is 160 Å². The molecule has 0 atom stereocenters. The minimum absolute atomic E-state index is 0.0664. The molecule has 0 aliphatic heterocycles. The van der Waals surface area contributed by atoms with Gasteiger partial charge in [0.05, 0.1) is 10.6 Å². The quantitative estimate of drug-likeness (QED) is 0.427. The van der Waals surface area contributed by atoms with Gasteiger partial charge < -0.3 is 9.52 Å². The first-order chi connectivity index (χ1) is 12.0. The van der Waals surface area contributed by atoms with Crippen LogP contribution in [0.25, 0.3) is 17.5 Å². The summed E-state index contributed by atoms with van der Waals surface area (Å²) in [4.78, 5) is 11.6. The number of aliphatic carboxylic acids is 1. The van der Waals surface area contributed by atoms with Gasteiger partial charge in [0.15, 0.2) is 0 Å². The number of nitrogens with zero attached hydrogens (tertiary/aromatic N) is 2. The van der Waals surface area contributed by atoms with Crippen LogP contribution in [-0.4, -0.2) is 21.3 Å². The number of carboxylic acid groups (broad SMARTS) is 1. The molecule has 0 aliphatic rings. The molecule has 1 N–H and O–H groups in total. The summed E-state index contributed by atoms with van der Waals surface area (Å²) in [5, 5.41) is 17.8. The average molecular weight is 438 g/mol. The van der Waals surface area contributed by atoms with Crippen LogP contribution in [0.15, 0.2) is 67.5 Å². The molecule has 0 saturated heterocycles. The Hall–Kier alpha value is -2.09. The van der Waals surface area contributed by atoms with Crippen LogP contribution in [0.5, 0.6) is 0 Å². The summed E-state index contributed by atoms with van der Waals surface area (Å²) in [6.45, 7) is 0. The van der Waals surface area contributed by atoms with E-state index in [4.69, 9.17) is 16.0 Å². The fourth-order valence-electron chi connectivity index (χ4n) is 1.93. The van der Waals surface area contributed by atoms with Crippen LogP contribution in [-0.2, 0) is 4.79 Å². The third-order valence-electron chi connectivity index (χ3n) is 3.09. The van der Waals surface area contributed by atoms with Crippen molar-refractivity contribution in [1.29, 1.82) is 0 Å². The van der Waals surface area contributed by atoms with E-state index in [2.05, 4.69) is 26.1 Å². The lowest BCUT2D eigenvalue weighted by Crippen LogP contribution is -1.96. The zero-order valence-corrected chi connectivity index (χ0v) is 15.7. The van der Waals surface area contributed by atoms with Crippen LogP contribution in [0.1, 0.15) is 5.56 Å². The molecule has 0 fully saturated rings. The van der Waals surface area contributed by atoms with Crippen molar-refractivity contribution >= 4 is 51.3 Å². The van der Waals surface area contributed by atoms with Gasteiger partial charge in [0.1, 0.15) is 4.91 Å². The van der Waals surface area contributed by atoms with Crippen molar-refractivity contribution in [3.8, 4) is 11.5 Å². The summed E-state index contributed by atoms with van der Waals surface area (Å²) in [6, 6.07) is 14.3. The predicted molar refractivity (Wildman–Crippen MR) is 100 cm³/mol. The highest BCUT2D eigenvalue weighted by Gasteiger charge is 2.17. The molecule has 0 unspecified atom stereocenters. The average Bonchev–Trinajstić information content (AvgIpc) is 3.05. The number of halogens is 2. The number of thioether (sulfide) groups is 1. The van der Waals surface area contributed by atoms with Gasteiger partial charge in [-0.05, 0) is 47.7 Å². The first-order valence-corrected chi connectivity index (χ1v) is 8.98. The second kappa shape index (κ2) is 7.86. The zero-order valence-electron chi connectivity index (χ0n) is 12.5. The normalized spacial score (nSPS) is 11.5. The van der Waals surface area contributed by atoms with Crippen LogP contribution >= 0.6 is 39.3 Å². The number of aromatic nitrogens is 2. The summed E-state index contributed by atoms with van der Waals surface area (Å²) in [5.41, 5.74) is 1.34. The van der Waals surface area contributed by atoms with Crippen molar-refractivity contribution in [1.82, 2.24) is 10.2 Å². The van der Waals surface area contributed by atoms with Crippen LogP contribution in [0.4, 0.5) is 0 Å². The maximum absolute atomic E-state index is 11.5. The SMILES string of the molecule is O=C(O)/C(=C\c1ccc(Br)cc1)Sc1nnc(-c2ccccc2Cl)o1. The number of hydrogen-bond donors (Lipinski definition) is 1. The Kier molecular flexibility index (Phi) is 5.57. The highest BCUT2D eigenvalue weighted by atomic mass is 79.9. The van der Waals surface area contributed by atoms with Crippen molar-refractivity contribution in [2.45, 2.75) is 5.22 Å². The van der Waals surface area contributed by atoms with Crippen LogP contribution in [0.3, 0.4) is 0 Å². The third-order valence-corrected chi connectivity index (χ3v) is 4.80. The van der Waals surface area contributed by atoms with Crippen molar-refractivity contribution in [3.63, 3.8) is 0 Å². The van der Waals surface area contributed by atoms with Crippen LogP contribution < -0.4 is 0 Å². The Morgan fingerprint density at radius 2 is 1.88 bits per heavy atom. The van der Waals surface area contributed by atoms with E-state index in [1.54, 1.807) is 42.5 Å². The highest BCUT2D eigenvalue weighted by Crippen LogP contribution is 2.32. The molecule has 0 bridgehead atoms. The van der Waals surface area contributed by atoms with E-state index in [0.29, 0.717) is 10.6 Å². The first-order valence-electron chi connectivity index (χ1n) is 7.00. The number of carbonyl (C=O) groups is 1. The summed E-state index contributed by atoms with van der Waals surface area (Å²) in [7, 11) is 0. The maximum atomic E-state index is 11.5. The van der Waals surface area contributed by atoms with Crippen molar-refractivity contribution in [2.24, 2.45) is 0 Å². The molecular formula is C17H10BrClN2O3S. The molecule has 0 saturated carbocycles. The number of benzene rings is 2. The Morgan fingerprint density at radius 1 is 1.16 bits per heavy atom. The smallest absolute Gasteiger partial charge is 0.342 e. The van der Waals surface area contributed by atoms with E-state index in [1.807, 2.05) is 12.1 Å². The van der Waals surface area contributed by atoms with E-state index < -0.39 is 5.97 Å².